The molecule has 0 aliphatic carbocycles. The SMILES string of the molecule is CCCCOc1ccc(CNC(=O)c2ccc(S(=O)(=O)NCc3ccco3)cc2)cc1OC. The minimum absolute atomic E-state index is 0.0451. The minimum atomic E-state index is -3.72. The van der Waals surface area contributed by atoms with E-state index in [1.165, 1.54) is 30.5 Å². The number of methoxy groups -OCH3 is 1. The Morgan fingerprint density at radius 1 is 1.03 bits per heavy atom. The average Bonchev–Trinajstić information content (AvgIpc) is 3.36. The average molecular weight is 473 g/mol. The van der Waals surface area contributed by atoms with Gasteiger partial charge in [-0.3, -0.25) is 4.79 Å². The minimum Gasteiger partial charge on any atom is -0.493 e. The molecule has 0 radical (unpaired) electrons. The van der Waals surface area contributed by atoms with Gasteiger partial charge in [0.2, 0.25) is 10.0 Å². The van der Waals surface area contributed by atoms with Crippen LogP contribution < -0.4 is 19.5 Å². The lowest BCUT2D eigenvalue weighted by Crippen LogP contribution is -2.24. The molecule has 0 atom stereocenters. The summed E-state index contributed by atoms with van der Waals surface area (Å²) in [4.78, 5) is 12.6. The Bertz CT molecular complexity index is 1140. The summed E-state index contributed by atoms with van der Waals surface area (Å²) in [5.41, 5.74) is 1.20. The molecule has 1 amide bonds. The van der Waals surface area contributed by atoms with E-state index in [0.717, 1.165) is 18.4 Å². The van der Waals surface area contributed by atoms with Crippen molar-refractivity contribution in [2.75, 3.05) is 13.7 Å². The molecule has 1 aromatic heterocycles. The first-order valence-electron chi connectivity index (χ1n) is 10.6. The highest BCUT2D eigenvalue weighted by molar-refractivity contribution is 7.89. The Morgan fingerprint density at radius 2 is 1.82 bits per heavy atom. The van der Waals surface area contributed by atoms with Gasteiger partial charge in [0.15, 0.2) is 11.5 Å². The van der Waals surface area contributed by atoms with E-state index in [1.807, 2.05) is 18.2 Å². The van der Waals surface area contributed by atoms with Crippen LogP contribution in [0.25, 0.3) is 0 Å². The summed E-state index contributed by atoms with van der Waals surface area (Å²) in [6, 6.07) is 14.6. The highest BCUT2D eigenvalue weighted by Gasteiger charge is 2.15. The molecular weight excluding hydrogens is 444 g/mol. The lowest BCUT2D eigenvalue weighted by Gasteiger charge is -2.12. The smallest absolute Gasteiger partial charge is 0.251 e. The number of carbonyl (C=O) groups is 1. The molecule has 33 heavy (non-hydrogen) atoms. The Hall–Kier alpha value is -3.30. The molecule has 1 heterocycles. The van der Waals surface area contributed by atoms with Gasteiger partial charge in [0.05, 0.1) is 31.4 Å². The van der Waals surface area contributed by atoms with Gasteiger partial charge in [-0.05, 0) is 60.5 Å². The molecule has 0 saturated heterocycles. The third kappa shape index (κ3) is 6.84. The highest BCUT2D eigenvalue weighted by atomic mass is 32.2. The van der Waals surface area contributed by atoms with Crippen LogP contribution in [0.5, 0.6) is 11.5 Å². The third-order valence-corrected chi connectivity index (χ3v) is 6.30. The van der Waals surface area contributed by atoms with Crippen LogP contribution in [0.4, 0.5) is 0 Å². The summed E-state index contributed by atoms with van der Waals surface area (Å²) >= 11 is 0. The van der Waals surface area contributed by atoms with Crippen LogP contribution in [0, 0.1) is 0 Å². The molecular formula is C24H28N2O6S. The van der Waals surface area contributed by atoms with Crippen LogP contribution in [0.3, 0.4) is 0 Å². The van der Waals surface area contributed by atoms with Crippen molar-refractivity contribution >= 4 is 15.9 Å². The van der Waals surface area contributed by atoms with Gasteiger partial charge in [0, 0.05) is 12.1 Å². The van der Waals surface area contributed by atoms with Crippen molar-refractivity contribution in [1.82, 2.24) is 10.0 Å². The normalized spacial score (nSPS) is 11.2. The summed E-state index contributed by atoms with van der Waals surface area (Å²) in [6.07, 6.45) is 3.48. The van der Waals surface area contributed by atoms with E-state index in [2.05, 4.69) is 17.0 Å². The van der Waals surface area contributed by atoms with Gasteiger partial charge < -0.3 is 19.2 Å². The first kappa shape index (κ1) is 24.3. The Kier molecular flexibility index (Phi) is 8.51. The molecule has 0 bridgehead atoms. The molecule has 0 unspecified atom stereocenters. The second-order valence-corrected chi connectivity index (χ2v) is 9.07. The van der Waals surface area contributed by atoms with Crippen molar-refractivity contribution in [3.05, 3.63) is 77.7 Å². The zero-order valence-corrected chi connectivity index (χ0v) is 19.5. The van der Waals surface area contributed by atoms with Gasteiger partial charge in [-0.25, -0.2) is 13.1 Å². The van der Waals surface area contributed by atoms with Crippen LogP contribution in [0.15, 0.2) is 70.2 Å². The molecule has 0 saturated carbocycles. The Morgan fingerprint density at radius 3 is 2.48 bits per heavy atom. The molecule has 8 nitrogen and oxygen atoms in total. The van der Waals surface area contributed by atoms with E-state index < -0.39 is 10.0 Å². The number of nitrogens with one attached hydrogen (secondary N) is 2. The van der Waals surface area contributed by atoms with Crippen LogP contribution in [-0.4, -0.2) is 28.0 Å². The van der Waals surface area contributed by atoms with Crippen molar-refractivity contribution in [2.45, 2.75) is 37.8 Å². The molecule has 3 aromatic rings. The van der Waals surface area contributed by atoms with E-state index in [4.69, 9.17) is 13.9 Å². The fourth-order valence-corrected chi connectivity index (χ4v) is 3.99. The molecule has 0 spiro atoms. The summed E-state index contributed by atoms with van der Waals surface area (Å²) in [5.74, 6) is 1.46. The molecule has 9 heteroatoms. The standard InChI is InChI=1S/C24H28N2O6S/c1-3-4-13-32-22-12-7-18(15-23(22)30-2)16-25-24(27)19-8-10-21(11-9-19)33(28,29)26-17-20-6-5-14-31-20/h5-12,14-15,26H,3-4,13,16-17H2,1-2H3,(H,25,27). The van der Waals surface area contributed by atoms with E-state index in [-0.39, 0.29) is 23.9 Å². The van der Waals surface area contributed by atoms with Gasteiger partial charge in [0.1, 0.15) is 5.76 Å². The van der Waals surface area contributed by atoms with E-state index in [1.54, 1.807) is 19.2 Å². The fourth-order valence-electron chi connectivity index (χ4n) is 3.00. The number of amides is 1. The zero-order valence-electron chi connectivity index (χ0n) is 18.7. The van der Waals surface area contributed by atoms with Crippen LogP contribution in [0.2, 0.25) is 0 Å². The van der Waals surface area contributed by atoms with Crippen molar-refractivity contribution in [3.63, 3.8) is 0 Å². The number of carbonyl (C=O) groups excluding carboxylic acids is 1. The quantitative estimate of drug-likeness (QED) is 0.388. The number of rotatable bonds is 12. The van der Waals surface area contributed by atoms with Crippen molar-refractivity contribution in [1.29, 1.82) is 0 Å². The van der Waals surface area contributed by atoms with E-state index in [9.17, 15) is 13.2 Å². The molecule has 176 valence electrons. The lowest BCUT2D eigenvalue weighted by molar-refractivity contribution is 0.0950. The number of benzene rings is 2. The maximum Gasteiger partial charge on any atom is 0.251 e. The third-order valence-electron chi connectivity index (χ3n) is 4.88. The zero-order chi connectivity index (χ0) is 23.7. The molecule has 0 aliphatic rings. The van der Waals surface area contributed by atoms with Gasteiger partial charge in [-0.15, -0.1) is 0 Å². The Labute approximate surface area is 194 Å². The van der Waals surface area contributed by atoms with Gasteiger partial charge in [0.25, 0.3) is 5.91 Å². The van der Waals surface area contributed by atoms with Gasteiger partial charge in [-0.1, -0.05) is 19.4 Å². The number of furan rings is 1. The summed E-state index contributed by atoms with van der Waals surface area (Å²) in [6.45, 7) is 3.05. The number of unbranched alkanes of at least 4 members (excludes halogenated alkanes) is 1. The Balaban J connectivity index is 1.57. The van der Waals surface area contributed by atoms with Gasteiger partial charge >= 0.3 is 0 Å². The van der Waals surface area contributed by atoms with Crippen molar-refractivity contribution in [2.24, 2.45) is 0 Å². The fraction of sp³-hybridized carbons (Fsp3) is 0.292. The first-order chi connectivity index (χ1) is 15.9. The molecule has 3 rings (SSSR count). The monoisotopic (exact) mass is 472 g/mol. The number of hydrogen-bond donors (Lipinski definition) is 2. The van der Waals surface area contributed by atoms with Crippen molar-refractivity contribution < 1.29 is 27.1 Å². The first-order valence-corrected chi connectivity index (χ1v) is 12.1. The molecule has 0 aliphatic heterocycles. The predicted molar refractivity (Wildman–Crippen MR) is 124 cm³/mol. The number of hydrogen-bond acceptors (Lipinski definition) is 6. The van der Waals surface area contributed by atoms with Crippen LogP contribution >= 0.6 is 0 Å². The summed E-state index contributed by atoms with van der Waals surface area (Å²) < 4.78 is 43.5. The van der Waals surface area contributed by atoms with Crippen LogP contribution in [-0.2, 0) is 23.1 Å². The van der Waals surface area contributed by atoms with Crippen molar-refractivity contribution in [3.8, 4) is 11.5 Å². The largest absolute Gasteiger partial charge is 0.493 e. The number of sulfonamides is 1. The lowest BCUT2D eigenvalue weighted by atomic mass is 10.1. The number of ether oxygens (including phenoxy) is 2. The maximum absolute atomic E-state index is 12.5. The highest BCUT2D eigenvalue weighted by Crippen LogP contribution is 2.28. The predicted octanol–water partition coefficient (Wildman–Crippen LogP) is 3.88. The summed E-state index contributed by atoms with van der Waals surface area (Å²) in [7, 11) is -2.15. The summed E-state index contributed by atoms with van der Waals surface area (Å²) in [5, 5.41) is 2.83. The topological polar surface area (TPSA) is 107 Å². The second-order valence-electron chi connectivity index (χ2n) is 7.30. The van der Waals surface area contributed by atoms with E-state index >= 15 is 0 Å². The molecule has 0 fully saturated rings. The molecule has 2 N–H and O–H groups in total. The molecule has 2 aromatic carbocycles. The van der Waals surface area contributed by atoms with Gasteiger partial charge in [-0.2, -0.15) is 0 Å². The van der Waals surface area contributed by atoms with Crippen LogP contribution in [0.1, 0.15) is 41.4 Å². The van der Waals surface area contributed by atoms with E-state index in [0.29, 0.717) is 29.4 Å². The second kappa shape index (κ2) is 11.5. The maximum atomic E-state index is 12.5.